The van der Waals surface area contributed by atoms with Crippen molar-refractivity contribution in [3.05, 3.63) is 41.0 Å². The molecular formula is C21H26O5. The lowest BCUT2D eigenvalue weighted by molar-refractivity contribution is 0.0696. The summed E-state index contributed by atoms with van der Waals surface area (Å²) >= 11 is 0. The Kier molecular flexibility index (Phi) is 4.71. The summed E-state index contributed by atoms with van der Waals surface area (Å²) in [5.41, 5.74) is 1.74. The standard InChI is InChI=1S/C21H26O5/c1-20(2,3)12-7-11(8-13(9-12)21(4,5)6)16-14(19(25)26)10-15(22)17(23)18(16)24/h7-10,22-24H,1-6H3,(H,25,26). The van der Waals surface area contributed by atoms with Gasteiger partial charge >= 0.3 is 5.97 Å². The van der Waals surface area contributed by atoms with E-state index in [4.69, 9.17) is 0 Å². The normalized spacial score (nSPS) is 12.2. The number of phenols is 3. The van der Waals surface area contributed by atoms with Crippen LogP contribution in [0.2, 0.25) is 0 Å². The maximum Gasteiger partial charge on any atom is 0.336 e. The predicted molar refractivity (Wildman–Crippen MR) is 101 cm³/mol. The number of carboxylic acid groups (broad SMARTS) is 1. The first-order valence-electron chi connectivity index (χ1n) is 8.41. The minimum atomic E-state index is -1.30. The van der Waals surface area contributed by atoms with Crippen LogP contribution in [-0.2, 0) is 10.8 Å². The molecule has 0 aromatic heterocycles. The van der Waals surface area contributed by atoms with Crippen molar-refractivity contribution in [2.45, 2.75) is 52.4 Å². The zero-order valence-electron chi connectivity index (χ0n) is 16.0. The molecule has 0 aliphatic carbocycles. The van der Waals surface area contributed by atoms with Crippen LogP contribution in [0.3, 0.4) is 0 Å². The highest BCUT2D eigenvalue weighted by molar-refractivity contribution is 5.99. The smallest absolute Gasteiger partial charge is 0.336 e. The Bertz CT molecular complexity index is 835. The summed E-state index contributed by atoms with van der Waals surface area (Å²) in [6.07, 6.45) is 0. The van der Waals surface area contributed by atoms with Gasteiger partial charge in [-0.15, -0.1) is 0 Å². The van der Waals surface area contributed by atoms with Gasteiger partial charge in [0.15, 0.2) is 11.5 Å². The van der Waals surface area contributed by atoms with E-state index in [0.29, 0.717) is 5.56 Å². The first-order chi connectivity index (χ1) is 11.7. The molecule has 0 amide bonds. The number of benzene rings is 2. The molecule has 0 radical (unpaired) electrons. The SMILES string of the molecule is CC(C)(C)c1cc(-c2c(C(=O)O)cc(O)c(O)c2O)cc(C(C)(C)C)c1. The van der Waals surface area contributed by atoms with Crippen molar-refractivity contribution < 1.29 is 25.2 Å². The summed E-state index contributed by atoms with van der Waals surface area (Å²) in [4.78, 5) is 11.7. The van der Waals surface area contributed by atoms with Gasteiger partial charge in [0.2, 0.25) is 5.75 Å². The summed E-state index contributed by atoms with van der Waals surface area (Å²) in [6, 6.07) is 6.65. The third kappa shape index (κ3) is 3.62. The van der Waals surface area contributed by atoms with E-state index in [-0.39, 0.29) is 22.0 Å². The van der Waals surface area contributed by atoms with Gasteiger partial charge < -0.3 is 20.4 Å². The third-order valence-corrected chi connectivity index (χ3v) is 4.44. The van der Waals surface area contributed by atoms with Crippen molar-refractivity contribution in [2.75, 3.05) is 0 Å². The molecule has 26 heavy (non-hydrogen) atoms. The number of hydrogen-bond acceptors (Lipinski definition) is 4. The number of aromatic hydroxyl groups is 3. The lowest BCUT2D eigenvalue weighted by Gasteiger charge is -2.26. The minimum absolute atomic E-state index is 0.00981. The second kappa shape index (κ2) is 6.24. The minimum Gasteiger partial charge on any atom is -0.504 e. The van der Waals surface area contributed by atoms with Gasteiger partial charge in [0.1, 0.15) is 0 Å². The number of hydrogen-bond donors (Lipinski definition) is 4. The monoisotopic (exact) mass is 358 g/mol. The van der Waals surface area contributed by atoms with Crippen LogP contribution in [-0.4, -0.2) is 26.4 Å². The molecule has 0 bridgehead atoms. The second-order valence-corrected chi connectivity index (χ2v) is 8.62. The molecule has 0 aliphatic rings. The van der Waals surface area contributed by atoms with E-state index in [2.05, 4.69) is 6.07 Å². The summed E-state index contributed by atoms with van der Waals surface area (Å²) in [5.74, 6) is -3.35. The molecule has 0 saturated carbocycles. The molecule has 5 heteroatoms. The van der Waals surface area contributed by atoms with Crippen molar-refractivity contribution in [2.24, 2.45) is 0 Å². The summed E-state index contributed by atoms with van der Waals surface area (Å²) < 4.78 is 0. The largest absolute Gasteiger partial charge is 0.504 e. The van der Waals surface area contributed by atoms with E-state index in [1.807, 2.05) is 53.7 Å². The average Bonchev–Trinajstić information content (AvgIpc) is 2.50. The first kappa shape index (κ1) is 19.6. The predicted octanol–water partition coefficient (Wildman–Crippen LogP) is 4.76. The topological polar surface area (TPSA) is 98.0 Å². The fourth-order valence-corrected chi connectivity index (χ4v) is 2.74. The van der Waals surface area contributed by atoms with E-state index in [1.165, 1.54) is 0 Å². The van der Waals surface area contributed by atoms with Crippen LogP contribution in [0.15, 0.2) is 24.3 Å². The van der Waals surface area contributed by atoms with E-state index in [9.17, 15) is 25.2 Å². The molecule has 4 N–H and O–H groups in total. The molecule has 0 spiro atoms. The van der Waals surface area contributed by atoms with E-state index < -0.39 is 23.2 Å². The molecule has 5 nitrogen and oxygen atoms in total. The van der Waals surface area contributed by atoms with Crippen LogP contribution in [0, 0.1) is 0 Å². The van der Waals surface area contributed by atoms with Gasteiger partial charge in [-0.25, -0.2) is 4.79 Å². The maximum absolute atomic E-state index is 11.7. The number of carboxylic acids is 1. The summed E-state index contributed by atoms with van der Waals surface area (Å²) in [7, 11) is 0. The Morgan fingerprint density at radius 3 is 1.62 bits per heavy atom. The van der Waals surface area contributed by atoms with Crippen LogP contribution in [0.1, 0.15) is 63.0 Å². The van der Waals surface area contributed by atoms with E-state index >= 15 is 0 Å². The van der Waals surface area contributed by atoms with E-state index in [0.717, 1.165) is 17.2 Å². The summed E-state index contributed by atoms with van der Waals surface area (Å²) in [5, 5.41) is 39.5. The van der Waals surface area contributed by atoms with Crippen LogP contribution in [0.4, 0.5) is 0 Å². The zero-order chi connectivity index (χ0) is 20.0. The highest BCUT2D eigenvalue weighted by Crippen LogP contribution is 2.46. The van der Waals surface area contributed by atoms with Gasteiger partial charge in [-0.2, -0.15) is 0 Å². The fourth-order valence-electron chi connectivity index (χ4n) is 2.74. The van der Waals surface area contributed by atoms with Crippen LogP contribution >= 0.6 is 0 Å². The van der Waals surface area contributed by atoms with Gasteiger partial charge in [0.25, 0.3) is 0 Å². The molecular weight excluding hydrogens is 332 g/mol. The van der Waals surface area contributed by atoms with Gasteiger partial charge in [0.05, 0.1) is 5.56 Å². The van der Waals surface area contributed by atoms with Gasteiger partial charge in [-0.1, -0.05) is 59.7 Å². The Hall–Kier alpha value is -2.69. The Labute approximate surface area is 153 Å². The molecule has 2 aromatic rings. The molecule has 0 fully saturated rings. The Balaban J connectivity index is 2.93. The molecule has 0 aliphatic heterocycles. The van der Waals surface area contributed by atoms with E-state index in [1.54, 1.807) is 0 Å². The molecule has 0 unspecified atom stereocenters. The molecule has 2 rings (SSSR count). The van der Waals surface area contributed by atoms with Crippen molar-refractivity contribution in [1.29, 1.82) is 0 Å². The van der Waals surface area contributed by atoms with Crippen molar-refractivity contribution >= 4 is 5.97 Å². The van der Waals surface area contributed by atoms with Crippen molar-refractivity contribution in [3.8, 4) is 28.4 Å². The molecule has 140 valence electrons. The lowest BCUT2D eigenvalue weighted by atomic mass is 9.78. The van der Waals surface area contributed by atoms with Crippen LogP contribution in [0.5, 0.6) is 17.2 Å². The molecule has 2 aromatic carbocycles. The van der Waals surface area contributed by atoms with Gasteiger partial charge in [-0.3, -0.25) is 0 Å². The maximum atomic E-state index is 11.7. The highest BCUT2D eigenvalue weighted by atomic mass is 16.4. The number of carbonyl (C=O) groups is 1. The molecule has 0 atom stereocenters. The van der Waals surface area contributed by atoms with Gasteiger partial charge in [-0.05, 0) is 33.6 Å². The fraction of sp³-hybridized carbons (Fsp3) is 0.381. The summed E-state index contributed by atoms with van der Waals surface area (Å²) in [6.45, 7) is 12.3. The Morgan fingerprint density at radius 1 is 0.769 bits per heavy atom. The van der Waals surface area contributed by atoms with Crippen LogP contribution < -0.4 is 0 Å². The van der Waals surface area contributed by atoms with Crippen molar-refractivity contribution in [3.63, 3.8) is 0 Å². The third-order valence-electron chi connectivity index (χ3n) is 4.44. The van der Waals surface area contributed by atoms with Crippen molar-refractivity contribution in [1.82, 2.24) is 0 Å². The van der Waals surface area contributed by atoms with Gasteiger partial charge in [0, 0.05) is 5.56 Å². The lowest BCUT2D eigenvalue weighted by Crippen LogP contribution is -2.16. The Morgan fingerprint density at radius 2 is 1.23 bits per heavy atom. The zero-order valence-corrected chi connectivity index (χ0v) is 16.0. The van der Waals surface area contributed by atoms with Crippen LogP contribution in [0.25, 0.3) is 11.1 Å². The number of aromatic carboxylic acids is 1. The second-order valence-electron chi connectivity index (χ2n) is 8.62. The number of rotatable bonds is 2. The highest BCUT2D eigenvalue weighted by Gasteiger charge is 2.26. The number of phenolic OH excluding ortho intramolecular Hbond substituents is 3. The average molecular weight is 358 g/mol. The molecule has 0 heterocycles. The first-order valence-corrected chi connectivity index (χ1v) is 8.41. The quantitative estimate of drug-likeness (QED) is 0.580. The molecule has 0 saturated heterocycles.